The minimum absolute atomic E-state index is 0.00675. The van der Waals surface area contributed by atoms with Gasteiger partial charge in [-0.2, -0.15) is 4.72 Å². The summed E-state index contributed by atoms with van der Waals surface area (Å²) >= 11 is 4.21. The number of aliphatic carboxylic acids is 1. The number of nitrogens with zero attached hydrogens (tertiary/aromatic N) is 1. The number of hydrogen-bond donors (Lipinski definition) is 3. The molecule has 10 heteroatoms. The van der Waals surface area contributed by atoms with E-state index in [4.69, 9.17) is 0 Å². The smallest absolute Gasteiger partial charge is 0.322 e. The zero-order chi connectivity index (χ0) is 17.3. The molecule has 0 aromatic carbocycles. The van der Waals surface area contributed by atoms with Crippen molar-refractivity contribution in [3.05, 3.63) is 46.0 Å². The Bertz CT molecular complexity index is 996. The van der Waals surface area contributed by atoms with Gasteiger partial charge in [-0.15, -0.1) is 11.3 Å². The molecule has 0 aliphatic rings. The fraction of sp³-hybridized carbons (Fsp3) is 0.143. The Morgan fingerprint density at radius 3 is 2.88 bits per heavy atom. The fourth-order valence-corrected chi connectivity index (χ4v) is 5.48. The normalized spacial score (nSPS) is 13.2. The Balaban J connectivity index is 1.87. The van der Waals surface area contributed by atoms with Crippen LogP contribution in [0.1, 0.15) is 5.56 Å². The predicted octanol–water partition coefficient (Wildman–Crippen LogP) is 2.36. The van der Waals surface area contributed by atoms with Gasteiger partial charge in [-0.05, 0) is 45.8 Å². The van der Waals surface area contributed by atoms with E-state index >= 15 is 0 Å². The van der Waals surface area contributed by atoms with Crippen LogP contribution in [0.4, 0.5) is 0 Å². The quantitative estimate of drug-likeness (QED) is 0.556. The molecular weight excluding hydrogens is 418 g/mol. The van der Waals surface area contributed by atoms with E-state index in [1.54, 1.807) is 30.6 Å². The second-order valence-corrected chi connectivity index (χ2v) is 9.39. The molecule has 0 aliphatic carbocycles. The molecule has 0 radical (unpaired) electrons. The number of thiophene rings is 1. The second kappa shape index (κ2) is 6.63. The number of aromatic nitrogens is 2. The standard InChI is InChI=1S/C14H12BrN3O4S2/c15-11-3-4-12(23-11)24(21,22)18-10(14(19)20)6-8-7-17-13-9(8)2-1-5-16-13/h1-5,7,10,18H,6H2,(H,16,17)(H,19,20)/t10-/m1/s1. The highest BCUT2D eigenvalue weighted by Gasteiger charge is 2.27. The van der Waals surface area contributed by atoms with Crippen LogP contribution in [0.5, 0.6) is 0 Å². The Labute approximate surface area is 149 Å². The number of aromatic amines is 1. The molecular formula is C14H12BrN3O4S2. The summed E-state index contributed by atoms with van der Waals surface area (Å²) in [5, 5.41) is 10.2. The summed E-state index contributed by atoms with van der Waals surface area (Å²) in [7, 11) is -3.91. The van der Waals surface area contributed by atoms with E-state index in [2.05, 4.69) is 30.6 Å². The molecule has 1 atom stereocenters. The van der Waals surface area contributed by atoms with E-state index in [-0.39, 0.29) is 10.6 Å². The van der Waals surface area contributed by atoms with Crippen molar-refractivity contribution < 1.29 is 18.3 Å². The molecule has 0 fully saturated rings. The number of halogens is 1. The van der Waals surface area contributed by atoms with E-state index in [0.29, 0.717) is 15.0 Å². The Hall–Kier alpha value is -1.75. The van der Waals surface area contributed by atoms with Gasteiger partial charge in [-0.25, -0.2) is 13.4 Å². The first-order valence-electron chi connectivity index (χ1n) is 6.78. The molecule has 3 aromatic rings. The van der Waals surface area contributed by atoms with Crippen molar-refractivity contribution in [2.45, 2.75) is 16.7 Å². The van der Waals surface area contributed by atoms with Crippen LogP contribution in [0.15, 0.2) is 44.7 Å². The molecule has 0 saturated carbocycles. The van der Waals surface area contributed by atoms with Gasteiger partial charge in [0.15, 0.2) is 0 Å². The number of sulfonamides is 1. The SMILES string of the molecule is O=C(O)[C@@H](Cc1c[nH]c2ncccc12)NS(=O)(=O)c1ccc(Br)s1. The molecule has 0 saturated heterocycles. The third kappa shape index (κ3) is 3.51. The van der Waals surface area contributed by atoms with Crippen molar-refractivity contribution in [1.82, 2.24) is 14.7 Å². The van der Waals surface area contributed by atoms with Gasteiger partial charge in [0.2, 0.25) is 0 Å². The molecule has 126 valence electrons. The molecule has 3 N–H and O–H groups in total. The average molecular weight is 430 g/mol. The lowest BCUT2D eigenvalue weighted by Gasteiger charge is -2.13. The Morgan fingerprint density at radius 1 is 1.42 bits per heavy atom. The van der Waals surface area contributed by atoms with Crippen LogP contribution in [-0.4, -0.2) is 35.5 Å². The largest absolute Gasteiger partial charge is 0.480 e. The molecule has 3 aromatic heterocycles. The number of hydrogen-bond acceptors (Lipinski definition) is 5. The first kappa shape index (κ1) is 17.1. The predicted molar refractivity (Wildman–Crippen MR) is 93.6 cm³/mol. The summed E-state index contributed by atoms with van der Waals surface area (Å²) in [6, 6.07) is 5.28. The highest BCUT2D eigenvalue weighted by Crippen LogP contribution is 2.26. The maximum absolute atomic E-state index is 12.3. The summed E-state index contributed by atoms with van der Waals surface area (Å²) in [6.07, 6.45) is 3.27. The summed E-state index contributed by atoms with van der Waals surface area (Å²) in [5.74, 6) is -1.24. The van der Waals surface area contributed by atoms with Crippen molar-refractivity contribution in [2.75, 3.05) is 0 Å². The van der Waals surface area contributed by atoms with Gasteiger partial charge in [-0.1, -0.05) is 0 Å². The maximum atomic E-state index is 12.3. The van der Waals surface area contributed by atoms with Gasteiger partial charge in [0, 0.05) is 24.2 Å². The summed E-state index contributed by atoms with van der Waals surface area (Å²) in [4.78, 5) is 18.6. The number of carboxylic acid groups (broad SMARTS) is 1. The number of nitrogens with one attached hydrogen (secondary N) is 2. The van der Waals surface area contributed by atoms with Crippen molar-refractivity contribution in [3.8, 4) is 0 Å². The Kier molecular flexibility index (Phi) is 4.72. The third-order valence-electron chi connectivity index (χ3n) is 3.37. The van der Waals surface area contributed by atoms with Gasteiger partial charge in [0.05, 0.1) is 3.79 Å². The van der Waals surface area contributed by atoms with Crippen molar-refractivity contribution >= 4 is 54.3 Å². The van der Waals surface area contributed by atoms with E-state index in [9.17, 15) is 18.3 Å². The summed E-state index contributed by atoms with van der Waals surface area (Å²) < 4.78 is 27.7. The minimum atomic E-state index is -3.91. The van der Waals surface area contributed by atoms with E-state index < -0.39 is 22.0 Å². The van der Waals surface area contributed by atoms with Crippen LogP contribution in [0, 0.1) is 0 Å². The van der Waals surface area contributed by atoms with Gasteiger partial charge >= 0.3 is 5.97 Å². The zero-order valence-electron chi connectivity index (χ0n) is 12.1. The van der Waals surface area contributed by atoms with Crippen molar-refractivity contribution in [2.24, 2.45) is 0 Å². The van der Waals surface area contributed by atoms with Gasteiger partial charge in [0.1, 0.15) is 15.9 Å². The van der Waals surface area contributed by atoms with Crippen LogP contribution in [-0.2, 0) is 21.2 Å². The number of H-pyrrole nitrogens is 1. The van der Waals surface area contributed by atoms with Crippen LogP contribution in [0.25, 0.3) is 11.0 Å². The summed E-state index contributed by atoms with van der Waals surface area (Å²) in [6.45, 7) is 0. The van der Waals surface area contributed by atoms with Crippen LogP contribution < -0.4 is 4.72 Å². The van der Waals surface area contributed by atoms with Gasteiger partial charge in [-0.3, -0.25) is 4.79 Å². The number of pyridine rings is 1. The van der Waals surface area contributed by atoms with E-state index in [1.807, 2.05) is 0 Å². The lowest BCUT2D eigenvalue weighted by atomic mass is 10.1. The topological polar surface area (TPSA) is 112 Å². The molecule has 0 aliphatic heterocycles. The van der Waals surface area contributed by atoms with Gasteiger partial charge < -0.3 is 10.1 Å². The molecule has 0 unspecified atom stereocenters. The molecule has 0 bridgehead atoms. The lowest BCUT2D eigenvalue weighted by Crippen LogP contribution is -2.41. The molecule has 0 spiro atoms. The fourth-order valence-electron chi connectivity index (χ4n) is 2.27. The number of carboxylic acids is 1. The van der Waals surface area contributed by atoms with Crippen molar-refractivity contribution in [3.63, 3.8) is 0 Å². The van der Waals surface area contributed by atoms with Crippen LogP contribution in [0.2, 0.25) is 0 Å². The zero-order valence-corrected chi connectivity index (χ0v) is 15.3. The minimum Gasteiger partial charge on any atom is -0.480 e. The third-order valence-corrected chi connectivity index (χ3v) is 6.96. The monoisotopic (exact) mass is 429 g/mol. The number of carbonyl (C=O) groups is 1. The average Bonchev–Trinajstić information content (AvgIpc) is 3.14. The van der Waals surface area contributed by atoms with Crippen LogP contribution in [0.3, 0.4) is 0 Å². The summed E-state index contributed by atoms with van der Waals surface area (Å²) in [5.41, 5.74) is 1.31. The highest BCUT2D eigenvalue weighted by atomic mass is 79.9. The molecule has 7 nitrogen and oxygen atoms in total. The molecule has 0 amide bonds. The van der Waals surface area contributed by atoms with Crippen LogP contribution >= 0.6 is 27.3 Å². The molecule has 3 heterocycles. The molecule has 3 rings (SSSR count). The van der Waals surface area contributed by atoms with Gasteiger partial charge in [0.25, 0.3) is 10.0 Å². The number of fused-ring (bicyclic) bond motifs is 1. The first-order chi connectivity index (χ1) is 11.4. The highest BCUT2D eigenvalue weighted by molar-refractivity contribution is 9.11. The lowest BCUT2D eigenvalue weighted by molar-refractivity contribution is -0.138. The van der Waals surface area contributed by atoms with E-state index in [1.165, 1.54) is 6.07 Å². The first-order valence-corrected chi connectivity index (χ1v) is 9.87. The Morgan fingerprint density at radius 2 is 2.21 bits per heavy atom. The maximum Gasteiger partial charge on any atom is 0.322 e. The molecule has 24 heavy (non-hydrogen) atoms. The number of rotatable bonds is 6. The second-order valence-electron chi connectivity index (χ2n) is 4.99. The van der Waals surface area contributed by atoms with Crippen molar-refractivity contribution in [1.29, 1.82) is 0 Å². The van der Waals surface area contributed by atoms with E-state index in [0.717, 1.165) is 16.7 Å².